The fourth-order valence-corrected chi connectivity index (χ4v) is 0. The van der Waals surface area contributed by atoms with E-state index in [0.717, 1.165) is 0 Å². The summed E-state index contributed by atoms with van der Waals surface area (Å²) in [6.07, 6.45) is 0. The smallest absolute Gasteiger partial charge is 0.0967 e. The second kappa shape index (κ2) is 15.8. The number of alkyl halides is 2. The van der Waals surface area contributed by atoms with Gasteiger partial charge in [0.1, 0.15) is 0 Å². The molecule has 0 aromatic rings. The van der Waals surface area contributed by atoms with Gasteiger partial charge < -0.3 is 0 Å². The van der Waals surface area contributed by atoms with Crippen LogP contribution in [-0.4, -0.2) is 5.34 Å². The third-order valence-electron chi connectivity index (χ3n) is 0.0476. The first-order chi connectivity index (χ1) is 3.33. The molecule has 4 heteroatoms. The summed E-state index contributed by atoms with van der Waals surface area (Å²) in [7, 11) is 0. The molecule has 0 saturated carbocycles. The molecule has 0 N–H and O–H groups in total. The molecule has 0 atom stereocenters. The zero-order chi connectivity index (χ0) is 6.12. The monoisotopic (exact) mass is 180 g/mol. The summed E-state index contributed by atoms with van der Waals surface area (Å²) in [4.78, 5) is 0. The maximum Gasteiger partial charge on any atom is 0.0967 e. The van der Waals surface area contributed by atoms with Crippen LogP contribution in [0.2, 0.25) is 0 Å². The maximum absolute atomic E-state index is 4.87. The zero-order valence-corrected chi connectivity index (χ0v) is 6.40. The Morgan fingerprint density at radius 2 is 1.14 bits per heavy atom. The molecular formula is C3H4Cl4. The average molecular weight is 182 g/mol. The third kappa shape index (κ3) is 45.9. The van der Waals surface area contributed by atoms with E-state index in [2.05, 4.69) is 0 Å². The Kier molecular flexibility index (Phi) is 24.4. The molecule has 0 aliphatic rings. The van der Waals surface area contributed by atoms with E-state index >= 15 is 0 Å². The van der Waals surface area contributed by atoms with E-state index in [-0.39, 0.29) is 5.34 Å². The molecule has 7 heavy (non-hydrogen) atoms. The number of hydrogen-bond donors (Lipinski definition) is 0. The van der Waals surface area contributed by atoms with Crippen molar-refractivity contribution in [2.24, 2.45) is 0 Å². The Morgan fingerprint density at radius 1 is 1.00 bits per heavy atom. The highest BCUT2D eigenvalue weighted by Gasteiger charge is 1.41. The summed E-state index contributed by atoms with van der Waals surface area (Å²) < 4.78 is 0. The first-order valence-corrected chi connectivity index (χ1v) is 3.25. The zero-order valence-electron chi connectivity index (χ0n) is 3.37. The fraction of sp³-hybridized carbons (Fsp3) is 0.333. The predicted molar refractivity (Wildman–Crippen MR) is 37.4 cm³/mol. The highest BCUT2D eigenvalue weighted by atomic mass is 35.5. The van der Waals surface area contributed by atoms with Gasteiger partial charge in [0.25, 0.3) is 0 Å². The van der Waals surface area contributed by atoms with Crippen LogP contribution in [0.15, 0.2) is 11.1 Å². The van der Waals surface area contributed by atoms with E-state index in [4.69, 9.17) is 46.4 Å². The highest BCUT2D eigenvalue weighted by Crippen LogP contribution is 1.78. The Labute approximate surface area is 63.0 Å². The van der Waals surface area contributed by atoms with Gasteiger partial charge in [-0.05, 0) is 0 Å². The second-order valence-electron chi connectivity index (χ2n) is 0.353. The highest BCUT2D eigenvalue weighted by molar-refractivity contribution is 6.40. The Hall–Kier alpha value is 0.900. The molecule has 0 aromatic carbocycles. The first-order valence-electron chi connectivity index (χ1n) is 1.30. The molecule has 0 fully saturated rings. The van der Waals surface area contributed by atoms with E-state index in [1.807, 2.05) is 0 Å². The second-order valence-corrected chi connectivity index (χ2v) is 1.67. The summed E-state index contributed by atoms with van der Waals surface area (Å²) in [5.41, 5.74) is 2.48. The van der Waals surface area contributed by atoms with Crippen molar-refractivity contribution in [1.29, 1.82) is 0 Å². The molecule has 0 nitrogen and oxygen atoms in total. The number of hydrogen-bond acceptors (Lipinski definition) is 0. The van der Waals surface area contributed by atoms with Gasteiger partial charge in [-0.3, -0.25) is 0 Å². The van der Waals surface area contributed by atoms with Gasteiger partial charge in [-0.25, -0.2) is 0 Å². The van der Waals surface area contributed by atoms with Crippen LogP contribution in [0.4, 0.5) is 0 Å². The molecule has 0 radical (unpaired) electrons. The van der Waals surface area contributed by atoms with Crippen LogP contribution in [-0.2, 0) is 0 Å². The molecule has 0 unspecified atom stereocenters. The number of halogens is 4. The van der Waals surface area contributed by atoms with Gasteiger partial charge in [0.05, 0.1) is 5.34 Å². The summed E-state index contributed by atoms with van der Waals surface area (Å²) in [5.74, 6) is 0. The largest absolute Gasteiger partial charge is 0.109 e. The minimum Gasteiger partial charge on any atom is -0.109 e. The predicted octanol–water partition coefficient (Wildman–Crippen LogP) is 3.36. The van der Waals surface area contributed by atoms with Gasteiger partial charge in [-0.2, -0.15) is 0 Å². The van der Waals surface area contributed by atoms with Crippen molar-refractivity contribution >= 4 is 46.4 Å². The van der Waals surface area contributed by atoms with Gasteiger partial charge in [0, 0.05) is 11.1 Å². The van der Waals surface area contributed by atoms with E-state index in [0.29, 0.717) is 0 Å². The van der Waals surface area contributed by atoms with E-state index in [9.17, 15) is 0 Å². The minimum absolute atomic E-state index is 0.194. The van der Waals surface area contributed by atoms with Crippen molar-refractivity contribution in [2.45, 2.75) is 0 Å². The Bertz CT molecular complexity index is 29.9. The van der Waals surface area contributed by atoms with Gasteiger partial charge in [-0.15, -0.1) is 23.2 Å². The van der Waals surface area contributed by atoms with Crippen LogP contribution >= 0.6 is 46.4 Å². The summed E-state index contributed by atoms with van der Waals surface area (Å²) in [6, 6.07) is 0. The van der Waals surface area contributed by atoms with E-state index < -0.39 is 0 Å². The van der Waals surface area contributed by atoms with Gasteiger partial charge in [0.15, 0.2) is 0 Å². The average Bonchev–Trinajstić information content (AvgIpc) is 1.69. The van der Waals surface area contributed by atoms with Gasteiger partial charge in [-0.1, -0.05) is 23.2 Å². The molecule has 0 rings (SSSR count). The van der Waals surface area contributed by atoms with Crippen LogP contribution in [0.3, 0.4) is 0 Å². The fourth-order valence-electron chi connectivity index (χ4n) is 0. The lowest BCUT2D eigenvalue weighted by Gasteiger charge is -1.44. The van der Waals surface area contributed by atoms with Gasteiger partial charge >= 0.3 is 0 Å². The third-order valence-corrected chi connectivity index (χ3v) is 0.429. The van der Waals surface area contributed by atoms with E-state index in [1.165, 1.54) is 11.1 Å². The van der Waals surface area contributed by atoms with Crippen molar-refractivity contribution in [3.63, 3.8) is 0 Å². The first kappa shape index (κ1) is 10.8. The summed E-state index contributed by atoms with van der Waals surface area (Å²) in [6.45, 7) is 0. The molecule has 0 amide bonds. The molecule has 0 aromatic heterocycles. The van der Waals surface area contributed by atoms with Crippen molar-refractivity contribution in [1.82, 2.24) is 0 Å². The van der Waals surface area contributed by atoms with Crippen molar-refractivity contribution in [3.8, 4) is 0 Å². The van der Waals surface area contributed by atoms with Crippen molar-refractivity contribution in [3.05, 3.63) is 11.1 Å². The van der Waals surface area contributed by atoms with Crippen molar-refractivity contribution < 1.29 is 0 Å². The van der Waals surface area contributed by atoms with Gasteiger partial charge in [0.2, 0.25) is 0 Å². The van der Waals surface area contributed by atoms with Crippen LogP contribution in [0, 0.1) is 0 Å². The molecule has 0 heterocycles. The molecule has 44 valence electrons. The lowest BCUT2D eigenvalue weighted by Crippen LogP contribution is -1.24. The molecule has 0 spiro atoms. The minimum atomic E-state index is 0.194. The summed E-state index contributed by atoms with van der Waals surface area (Å²) >= 11 is 19.3. The lowest BCUT2D eigenvalue weighted by atomic mass is 11.3. The van der Waals surface area contributed by atoms with Crippen molar-refractivity contribution in [2.75, 3.05) is 5.34 Å². The molecule has 0 aliphatic heterocycles. The topological polar surface area (TPSA) is 0 Å². The normalized spacial score (nSPS) is 8.00. The molecular weight excluding hydrogens is 178 g/mol. The Morgan fingerprint density at radius 3 is 1.14 bits per heavy atom. The van der Waals surface area contributed by atoms with Crippen LogP contribution in [0.1, 0.15) is 0 Å². The summed E-state index contributed by atoms with van der Waals surface area (Å²) in [5, 5.41) is 0.194. The van der Waals surface area contributed by atoms with Crippen LogP contribution in [0.25, 0.3) is 0 Å². The molecule has 0 saturated heterocycles. The van der Waals surface area contributed by atoms with Crippen LogP contribution in [0.5, 0.6) is 0 Å². The quantitative estimate of drug-likeness (QED) is 0.503. The lowest BCUT2D eigenvalue weighted by molar-refractivity contribution is 2.20. The standard InChI is InChI=1S/C2H2Cl2.CH2Cl2/c3-1-2-4;2-1-3/h1-2H;1H2. The maximum atomic E-state index is 4.87. The Balaban J connectivity index is 0. The van der Waals surface area contributed by atoms with Crippen LogP contribution < -0.4 is 0 Å². The molecule has 0 bridgehead atoms. The SMILES string of the molecule is ClC=CCl.ClCCl. The molecule has 0 aliphatic carbocycles. The van der Waals surface area contributed by atoms with E-state index in [1.54, 1.807) is 0 Å². The number of rotatable bonds is 0.